The highest BCUT2D eigenvalue weighted by molar-refractivity contribution is 6.00. The normalized spacial score (nSPS) is 10.1. The lowest BCUT2D eigenvalue weighted by Gasteiger charge is -2.09. The van der Waals surface area contributed by atoms with Crippen molar-refractivity contribution in [1.82, 2.24) is 10.6 Å². The number of para-hydroxylation sites is 1. The van der Waals surface area contributed by atoms with Crippen molar-refractivity contribution < 1.29 is 19.5 Å². The van der Waals surface area contributed by atoms with E-state index >= 15 is 0 Å². The number of aromatic hydroxyl groups is 1. The summed E-state index contributed by atoms with van der Waals surface area (Å²) >= 11 is 0. The Morgan fingerprint density at radius 1 is 0.656 bits per heavy atom. The number of hydrogen-bond acceptors (Lipinski definition) is 4. The van der Waals surface area contributed by atoms with E-state index < -0.39 is 0 Å². The van der Waals surface area contributed by atoms with Gasteiger partial charge in [0.1, 0.15) is 5.75 Å². The second kappa shape index (κ2) is 11.2. The Bertz CT molecular complexity index is 1070. The van der Waals surface area contributed by atoms with Crippen LogP contribution in [0.3, 0.4) is 0 Å². The molecule has 0 aliphatic carbocycles. The van der Waals surface area contributed by atoms with Crippen LogP contribution in [-0.4, -0.2) is 36.0 Å². The van der Waals surface area contributed by atoms with E-state index in [2.05, 4.69) is 21.3 Å². The maximum atomic E-state index is 12.2. The number of urea groups is 1. The summed E-state index contributed by atoms with van der Waals surface area (Å²) in [5, 5.41) is 20.4. The topological polar surface area (TPSA) is 120 Å². The van der Waals surface area contributed by atoms with Gasteiger partial charge in [0.2, 0.25) is 0 Å². The highest BCUT2D eigenvalue weighted by Crippen LogP contribution is 2.12. The van der Waals surface area contributed by atoms with Crippen molar-refractivity contribution in [3.05, 3.63) is 90.0 Å². The Labute approximate surface area is 185 Å². The third-order valence-electron chi connectivity index (χ3n) is 4.47. The van der Waals surface area contributed by atoms with E-state index in [1.54, 1.807) is 48.5 Å². The lowest BCUT2D eigenvalue weighted by atomic mass is 10.2. The highest BCUT2D eigenvalue weighted by Gasteiger charge is 2.08. The summed E-state index contributed by atoms with van der Waals surface area (Å²) in [6.45, 7) is 0.771. The minimum atomic E-state index is -0.374. The van der Waals surface area contributed by atoms with E-state index in [1.165, 1.54) is 12.1 Å². The van der Waals surface area contributed by atoms with Crippen LogP contribution in [0.2, 0.25) is 0 Å². The number of benzene rings is 3. The molecule has 0 aliphatic rings. The fraction of sp³-hybridized carbons (Fsp3) is 0.125. The number of amides is 4. The molecule has 0 saturated heterocycles. The van der Waals surface area contributed by atoms with Gasteiger partial charge in [-0.3, -0.25) is 9.59 Å². The van der Waals surface area contributed by atoms with Gasteiger partial charge in [0.15, 0.2) is 0 Å². The van der Waals surface area contributed by atoms with Crippen molar-refractivity contribution in [1.29, 1.82) is 0 Å². The Morgan fingerprint density at radius 2 is 1.25 bits per heavy atom. The zero-order chi connectivity index (χ0) is 22.8. The summed E-state index contributed by atoms with van der Waals surface area (Å²) in [6.07, 6.45) is 0.551. The molecule has 0 spiro atoms. The summed E-state index contributed by atoms with van der Waals surface area (Å²) in [5.41, 5.74) is 2.08. The van der Waals surface area contributed by atoms with E-state index in [4.69, 9.17) is 0 Å². The van der Waals surface area contributed by atoms with E-state index in [1.807, 2.05) is 18.2 Å². The van der Waals surface area contributed by atoms with Crippen LogP contribution in [0.25, 0.3) is 0 Å². The van der Waals surface area contributed by atoms with E-state index in [0.29, 0.717) is 42.0 Å². The lowest BCUT2D eigenvalue weighted by Crippen LogP contribution is -2.29. The molecule has 0 aliphatic heterocycles. The molecular formula is C24H24N4O4. The second-order valence-electron chi connectivity index (χ2n) is 6.94. The molecule has 3 rings (SSSR count). The zero-order valence-electron chi connectivity index (χ0n) is 17.3. The monoisotopic (exact) mass is 432 g/mol. The first-order chi connectivity index (χ1) is 15.5. The van der Waals surface area contributed by atoms with Crippen LogP contribution >= 0.6 is 0 Å². The molecule has 164 valence electrons. The van der Waals surface area contributed by atoms with Gasteiger partial charge in [0, 0.05) is 35.6 Å². The molecule has 3 aromatic rings. The standard InChI is InChI=1S/C24H24N4O4/c29-21-9-4-6-18(16-21)23(31)26-15-5-14-25-22(30)17-10-12-20(13-11-17)28-24(32)27-19-7-2-1-3-8-19/h1-4,6-13,16,29H,5,14-15H2,(H,25,30)(H,26,31)(H2,27,28,32). The van der Waals surface area contributed by atoms with Gasteiger partial charge in [0.25, 0.3) is 11.8 Å². The quantitative estimate of drug-likeness (QED) is 0.350. The van der Waals surface area contributed by atoms with Crippen molar-refractivity contribution in [2.45, 2.75) is 6.42 Å². The molecule has 0 atom stereocenters. The predicted molar refractivity (Wildman–Crippen MR) is 123 cm³/mol. The van der Waals surface area contributed by atoms with Crippen molar-refractivity contribution >= 4 is 29.2 Å². The van der Waals surface area contributed by atoms with Crippen molar-refractivity contribution in [3.63, 3.8) is 0 Å². The van der Waals surface area contributed by atoms with Gasteiger partial charge in [-0.1, -0.05) is 24.3 Å². The first-order valence-electron chi connectivity index (χ1n) is 10.1. The van der Waals surface area contributed by atoms with Crippen LogP contribution in [0.4, 0.5) is 16.2 Å². The maximum Gasteiger partial charge on any atom is 0.323 e. The Kier molecular flexibility index (Phi) is 7.80. The predicted octanol–water partition coefficient (Wildman–Crippen LogP) is 3.59. The number of phenolic OH excluding ortho intramolecular Hbond substituents is 1. The number of carbonyl (C=O) groups is 3. The fourth-order valence-electron chi connectivity index (χ4n) is 2.86. The number of anilines is 2. The SMILES string of the molecule is O=C(Nc1ccccc1)Nc1ccc(C(=O)NCCCNC(=O)c2cccc(O)c2)cc1. The average Bonchev–Trinajstić information content (AvgIpc) is 2.79. The molecule has 32 heavy (non-hydrogen) atoms. The van der Waals surface area contributed by atoms with Crippen molar-refractivity contribution in [2.24, 2.45) is 0 Å². The average molecular weight is 432 g/mol. The van der Waals surface area contributed by atoms with Gasteiger partial charge in [-0.25, -0.2) is 4.79 Å². The van der Waals surface area contributed by atoms with Crippen LogP contribution < -0.4 is 21.3 Å². The second-order valence-corrected chi connectivity index (χ2v) is 6.94. The molecule has 4 amide bonds. The van der Waals surface area contributed by atoms with Gasteiger partial charge < -0.3 is 26.4 Å². The minimum absolute atomic E-state index is 0.0305. The summed E-state index contributed by atoms with van der Waals surface area (Å²) in [6, 6.07) is 21.3. The van der Waals surface area contributed by atoms with E-state index in [0.717, 1.165) is 0 Å². The Morgan fingerprint density at radius 3 is 1.88 bits per heavy atom. The summed E-state index contributed by atoms with van der Waals surface area (Å²) < 4.78 is 0. The molecular weight excluding hydrogens is 408 g/mol. The molecule has 0 radical (unpaired) electrons. The van der Waals surface area contributed by atoms with Crippen LogP contribution in [-0.2, 0) is 0 Å². The molecule has 8 nitrogen and oxygen atoms in total. The number of carbonyl (C=O) groups excluding carboxylic acids is 3. The van der Waals surface area contributed by atoms with Gasteiger partial charge in [-0.15, -0.1) is 0 Å². The van der Waals surface area contributed by atoms with E-state index in [-0.39, 0.29) is 23.6 Å². The number of rotatable bonds is 8. The molecule has 8 heteroatoms. The largest absolute Gasteiger partial charge is 0.508 e. The molecule has 0 unspecified atom stereocenters. The smallest absolute Gasteiger partial charge is 0.323 e. The molecule has 0 fully saturated rings. The first kappa shape index (κ1) is 22.4. The van der Waals surface area contributed by atoms with E-state index in [9.17, 15) is 19.5 Å². The number of hydrogen-bond donors (Lipinski definition) is 5. The van der Waals surface area contributed by atoms with Gasteiger partial charge in [-0.05, 0) is 61.0 Å². The molecule has 0 aromatic heterocycles. The summed E-state index contributed by atoms with van der Waals surface area (Å²) in [7, 11) is 0. The van der Waals surface area contributed by atoms with Crippen LogP contribution in [0, 0.1) is 0 Å². The Hall–Kier alpha value is -4.33. The van der Waals surface area contributed by atoms with Crippen molar-refractivity contribution in [3.8, 4) is 5.75 Å². The highest BCUT2D eigenvalue weighted by atomic mass is 16.3. The third-order valence-corrected chi connectivity index (χ3v) is 4.47. The number of nitrogens with one attached hydrogen (secondary N) is 4. The molecule has 0 bridgehead atoms. The van der Waals surface area contributed by atoms with Gasteiger partial charge >= 0.3 is 6.03 Å². The first-order valence-corrected chi connectivity index (χ1v) is 10.1. The minimum Gasteiger partial charge on any atom is -0.508 e. The Balaban J connectivity index is 1.37. The number of phenols is 1. The lowest BCUT2D eigenvalue weighted by molar-refractivity contribution is 0.0951. The van der Waals surface area contributed by atoms with Crippen LogP contribution in [0.15, 0.2) is 78.9 Å². The van der Waals surface area contributed by atoms with Crippen LogP contribution in [0.5, 0.6) is 5.75 Å². The molecule has 0 heterocycles. The van der Waals surface area contributed by atoms with Gasteiger partial charge in [-0.2, -0.15) is 0 Å². The zero-order valence-corrected chi connectivity index (χ0v) is 17.3. The summed E-state index contributed by atoms with van der Waals surface area (Å²) in [5.74, 6) is -0.501. The molecule has 5 N–H and O–H groups in total. The third kappa shape index (κ3) is 6.88. The maximum absolute atomic E-state index is 12.2. The van der Waals surface area contributed by atoms with Crippen LogP contribution in [0.1, 0.15) is 27.1 Å². The molecule has 0 saturated carbocycles. The summed E-state index contributed by atoms with van der Waals surface area (Å²) in [4.78, 5) is 36.2. The van der Waals surface area contributed by atoms with Gasteiger partial charge in [0.05, 0.1) is 0 Å². The van der Waals surface area contributed by atoms with Crippen molar-refractivity contribution in [2.75, 3.05) is 23.7 Å². The fourth-order valence-corrected chi connectivity index (χ4v) is 2.86. The molecule has 3 aromatic carbocycles.